The number of urea groups is 1. The van der Waals surface area contributed by atoms with E-state index in [1.54, 1.807) is 35.1 Å². The molecule has 0 aliphatic heterocycles. The van der Waals surface area contributed by atoms with Crippen LogP contribution in [0.2, 0.25) is 0 Å². The second kappa shape index (κ2) is 10.7. The Bertz CT molecular complexity index is 1710. The molecule has 198 valence electrons. The summed E-state index contributed by atoms with van der Waals surface area (Å²) in [4.78, 5) is 32.5. The van der Waals surface area contributed by atoms with Crippen LogP contribution in [0.25, 0.3) is 16.7 Å². The summed E-state index contributed by atoms with van der Waals surface area (Å²) in [6.07, 6.45) is 3.50. The Labute approximate surface area is 229 Å². The van der Waals surface area contributed by atoms with Gasteiger partial charge in [0.2, 0.25) is 5.56 Å². The summed E-state index contributed by atoms with van der Waals surface area (Å²) in [5.41, 5.74) is 2.38. The van der Waals surface area contributed by atoms with E-state index >= 15 is 0 Å². The van der Waals surface area contributed by atoms with Gasteiger partial charge >= 0.3 is 6.03 Å². The Balaban J connectivity index is 1.37. The van der Waals surface area contributed by atoms with Gasteiger partial charge in [-0.3, -0.25) is 10.1 Å². The number of carbonyl (C=O) groups is 1. The summed E-state index contributed by atoms with van der Waals surface area (Å²) in [6, 6.07) is 21.5. The van der Waals surface area contributed by atoms with E-state index in [1.165, 1.54) is 17.8 Å². The number of pyridine rings is 2. The van der Waals surface area contributed by atoms with Crippen LogP contribution in [0.3, 0.4) is 0 Å². The third-order valence-electron chi connectivity index (χ3n) is 5.96. The Morgan fingerprint density at radius 1 is 1.00 bits per heavy atom. The van der Waals surface area contributed by atoms with E-state index in [0.29, 0.717) is 34.0 Å². The highest BCUT2D eigenvalue weighted by Crippen LogP contribution is 2.34. The van der Waals surface area contributed by atoms with Crippen LogP contribution in [-0.4, -0.2) is 32.0 Å². The standard InChI is InChI=1S/C29H28N6O3S/c1-29(2,3)24-17-25(35(34-24)18-8-6-5-7-9-18)32-28(37)31-21-12-10-19(16-23(21)39-4)38-22-14-15-30-27-20(22)11-13-26(36)33-27/h5-17H,1-4H3,(H,30,33,36)(H2,31,32,37). The Hall–Kier alpha value is -4.57. The predicted molar refractivity (Wildman–Crippen MR) is 156 cm³/mol. The van der Waals surface area contributed by atoms with E-state index in [2.05, 4.69) is 41.4 Å². The van der Waals surface area contributed by atoms with Gasteiger partial charge in [-0.25, -0.2) is 14.5 Å². The molecule has 3 N–H and O–H groups in total. The number of H-pyrrole nitrogens is 1. The maximum absolute atomic E-state index is 13.1. The number of carbonyl (C=O) groups excluding carboxylic acids is 1. The maximum atomic E-state index is 13.1. The zero-order valence-electron chi connectivity index (χ0n) is 22.0. The average Bonchev–Trinajstić information content (AvgIpc) is 3.34. The number of nitrogens with zero attached hydrogens (tertiary/aromatic N) is 3. The summed E-state index contributed by atoms with van der Waals surface area (Å²) in [6.45, 7) is 6.24. The van der Waals surface area contributed by atoms with Crippen LogP contribution < -0.4 is 20.9 Å². The lowest BCUT2D eigenvalue weighted by atomic mass is 9.92. The molecule has 0 aliphatic rings. The molecule has 3 aromatic heterocycles. The van der Waals surface area contributed by atoms with E-state index in [9.17, 15) is 9.59 Å². The minimum atomic E-state index is -0.388. The van der Waals surface area contributed by atoms with Gasteiger partial charge in [0.15, 0.2) is 0 Å². The van der Waals surface area contributed by atoms with Crippen LogP contribution in [0.5, 0.6) is 11.5 Å². The minimum Gasteiger partial charge on any atom is -0.457 e. The number of anilines is 2. The van der Waals surface area contributed by atoms with Crippen molar-refractivity contribution in [2.75, 3.05) is 16.9 Å². The third-order valence-corrected chi connectivity index (χ3v) is 6.74. The molecule has 10 heteroatoms. The van der Waals surface area contributed by atoms with Gasteiger partial charge in [0, 0.05) is 28.6 Å². The Morgan fingerprint density at radius 3 is 2.54 bits per heavy atom. The number of aromatic amines is 1. The molecule has 5 aromatic rings. The van der Waals surface area contributed by atoms with Gasteiger partial charge in [-0.2, -0.15) is 5.10 Å². The first-order chi connectivity index (χ1) is 18.7. The normalized spacial score (nSPS) is 11.4. The molecule has 3 heterocycles. The fraction of sp³-hybridized carbons (Fsp3) is 0.172. The lowest BCUT2D eigenvalue weighted by Crippen LogP contribution is -2.21. The molecule has 2 amide bonds. The molecule has 0 saturated heterocycles. The predicted octanol–water partition coefficient (Wildman–Crippen LogP) is 6.56. The van der Waals surface area contributed by atoms with E-state index in [4.69, 9.17) is 9.84 Å². The molecule has 5 rings (SSSR count). The number of nitrogens with one attached hydrogen (secondary N) is 3. The molecule has 2 aromatic carbocycles. The smallest absolute Gasteiger partial charge is 0.324 e. The molecule has 39 heavy (non-hydrogen) atoms. The number of hydrogen-bond acceptors (Lipinski definition) is 6. The number of ether oxygens (including phenoxy) is 1. The largest absolute Gasteiger partial charge is 0.457 e. The van der Waals surface area contributed by atoms with Gasteiger partial charge < -0.3 is 15.0 Å². The number of benzene rings is 2. The molecule has 0 bridgehead atoms. The van der Waals surface area contributed by atoms with Crippen LogP contribution in [0.1, 0.15) is 26.5 Å². The fourth-order valence-electron chi connectivity index (χ4n) is 3.96. The lowest BCUT2D eigenvalue weighted by Gasteiger charge is -2.14. The van der Waals surface area contributed by atoms with Crippen molar-refractivity contribution in [1.29, 1.82) is 0 Å². The van der Waals surface area contributed by atoms with Crippen molar-refractivity contribution in [2.24, 2.45) is 0 Å². The molecule has 0 aliphatic carbocycles. The lowest BCUT2D eigenvalue weighted by molar-refractivity contribution is 0.262. The molecule has 0 unspecified atom stereocenters. The van der Waals surface area contributed by atoms with E-state index < -0.39 is 0 Å². The third kappa shape index (κ3) is 5.80. The zero-order chi connectivity index (χ0) is 27.6. The maximum Gasteiger partial charge on any atom is 0.324 e. The fourth-order valence-corrected chi connectivity index (χ4v) is 4.53. The molecule has 0 spiro atoms. The van der Waals surface area contributed by atoms with Crippen LogP contribution in [0.4, 0.5) is 16.3 Å². The molecule has 0 fully saturated rings. The Morgan fingerprint density at radius 2 is 1.79 bits per heavy atom. The topological polar surface area (TPSA) is 114 Å². The summed E-state index contributed by atoms with van der Waals surface area (Å²) in [5.74, 6) is 1.71. The van der Waals surface area contributed by atoms with Gasteiger partial charge in [-0.15, -0.1) is 11.8 Å². The van der Waals surface area contributed by atoms with Crippen molar-refractivity contribution in [3.8, 4) is 17.2 Å². The molecule has 0 atom stereocenters. The first-order valence-electron chi connectivity index (χ1n) is 12.3. The summed E-state index contributed by atoms with van der Waals surface area (Å²) >= 11 is 1.48. The molecular formula is C29H28N6O3S. The molecule has 9 nitrogen and oxygen atoms in total. The van der Waals surface area contributed by atoms with Gasteiger partial charge in [0.1, 0.15) is 23.0 Å². The average molecular weight is 541 g/mol. The monoisotopic (exact) mass is 540 g/mol. The van der Waals surface area contributed by atoms with Gasteiger partial charge in [0.25, 0.3) is 0 Å². The SMILES string of the molecule is CSc1cc(Oc2ccnc3[nH]c(=O)ccc23)ccc1NC(=O)Nc1cc(C(C)(C)C)nn1-c1ccccc1. The number of fused-ring (bicyclic) bond motifs is 1. The number of para-hydroxylation sites is 1. The van der Waals surface area contributed by atoms with Crippen LogP contribution in [0, 0.1) is 0 Å². The highest BCUT2D eigenvalue weighted by Gasteiger charge is 2.22. The van der Waals surface area contributed by atoms with Crippen LogP contribution in [0.15, 0.2) is 88.7 Å². The number of thioether (sulfide) groups is 1. The highest BCUT2D eigenvalue weighted by atomic mass is 32.2. The highest BCUT2D eigenvalue weighted by molar-refractivity contribution is 7.98. The number of hydrogen-bond donors (Lipinski definition) is 3. The molecular weight excluding hydrogens is 512 g/mol. The number of aromatic nitrogens is 4. The quantitative estimate of drug-likeness (QED) is 0.210. The van der Waals surface area contributed by atoms with Crippen molar-refractivity contribution in [2.45, 2.75) is 31.1 Å². The first-order valence-corrected chi connectivity index (χ1v) is 13.5. The second-order valence-corrected chi connectivity index (χ2v) is 10.7. The molecule has 0 radical (unpaired) electrons. The first kappa shape index (κ1) is 26.1. The summed E-state index contributed by atoms with van der Waals surface area (Å²) in [7, 11) is 0. The van der Waals surface area contributed by atoms with Crippen molar-refractivity contribution in [1.82, 2.24) is 19.7 Å². The van der Waals surface area contributed by atoms with Gasteiger partial charge in [-0.1, -0.05) is 39.0 Å². The number of rotatable bonds is 6. The zero-order valence-corrected chi connectivity index (χ0v) is 22.8. The van der Waals surface area contributed by atoms with Crippen molar-refractivity contribution >= 4 is 40.3 Å². The summed E-state index contributed by atoms with van der Waals surface area (Å²) in [5, 5.41) is 11.3. The van der Waals surface area contributed by atoms with Crippen molar-refractivity contribution in [3.05, 3.63) is 95.0 Å². The van der Waals surface area contributed by atoms with Crippen molar-refractivity contribution < 1.29 is 9.53 Å². The van der Waals surface area contributed by atoms with Crippen molar-refractivity contribution in [3.63, 3.8) is 0 Å². The van der Waals surface area contributed by atoms with Crippen LogP contribution >= 0.6 is 11.8 Å². The number of amides is 2. The molecule has 0 saturated carbocycles. The second-order valence-electron chi connectivity index (χ2n) is 9.85. The van der Waals surface area contributed by atoms with Crippen LogP contribution in [-0.2, 0) is 5.41 Å². The van der Waals surface area contributed by atoms with Gasteiger partial charge in [0.05, 0.1) is 22.5 Å². The van der Waals surface area contributed by atoms with E-state index in [-0.39, 0.29) is 17.0 Å². The summed E-state index contributed by atoms with van der Waals surface area (Å²) < 4.78 is 7.85. The van der Waals surface area contributed by atoms with E-state index in [0.717, 1.165) is 16.3 Å². The van der Waals surface area contributed by atoms with Gasteiger partial charge in [-0.05, 0) is 48.7 Å². The minimum absolute atomic E-state index is 0.190. The van der Waals surface area contributed by atoms with E-state index in [1.807, 2.05) is 48.7 Å². The Kier molecular flexibility index (Phi) is 7.12.